The Balaban J connectivity index is 2.80. The molecule has 0 amide bonds. The molecule has 6 heteroatoms. The molecule has 0 unspecified atom stereocenters. The summed E-state index contributed by atoms with van der Waals surface area (Å²) in [6.07, 6.45) is -2.67. The van der Waals surface area contributed by atoms with Crippen molar-refractivity contribution in [2.75, 3.05) is 5.32 Å². The van der Waals surface area contributed by atoms with E-state index in [9.17, 15) is 13.2 Å². The van der Waals surface area contributed by atoms with E-state index in [0.29, 0.717) is 0 Å². The molecule has 1 aromatic rings. The molecule has 0 radical (unpaired) electrons. The van der Waals surface area contributed by atoms with E-state index in [1.165, 1.54) is 18.2 Å². The molecule has 0 fully saturated rings. The SMILES string of the molecule is CCC(CC)NC(=S)Nc1ccccc1C(F)(F)F. The summed E-state index contributed by atoms with van der Waals surface area (Å²) < 4.78 is 38.4. The molecular weight excluding hydrogens is 273 g/mol. The van der Waals surface area contributed by atoms with Gasteiger partial charge < -0.3 is 10.6 Å². The summed E-state index contributed by atoms with van der Waals surface area (Å²) in [5.41, 5.74) is -0.748. The fourth-order valence-corrected chi connectivity index (χ4v) is 1.95. The van der Waals surface area contributed by atoms with Gasteiger partial charge in [0.2, 0.25) is 0 Å². The van der Waals surface area contributed by atoms with Crippen LogP contribution in [-0.2, 0) is 6.18 Å². The highest BCUT2D eigenvalue weighted by Gasteiger charge is 2.33. The smallest absolute Gasteiger partial charge is 0.360 e. The average molecular weight is 290 g/mol. The van der Waals surface area contributed by atoms with E-state index in [1.54, 1.807) is 0 Å². The van der Waals surface area contributed by atoms with Gasteiger partial charge in [-0.1, -0.05) is 26.0 Å². The van der Waals surface area contributed by atoms with E-state index in [4.69, 9.17) is 12.2 Å². The number of benzene rings is 1. The Kier molecular flexibility index (Phi) is 5.60. The van der Waals surface area contributed by atoms with Gasteiger partial charge in [-0.25, -0.2) is 0 Å². The molecule has 0 saturated heterocycles. The summed E-state index contributed by atoms with van der Waals surface area (Å²) in [5.74, 6) is 0. The molecule has 0 heterocycles. The highest BCUT2D eigenvalue weighted by atomic mass is 32.1. The minimum atomic E-state index is -4.39. The summed E-state index contributed by atoms with van der Waals surface area (Å²) in [6.45, 7) is 3.99. The van der Waals surface area contributed by atoms with Crippen LogP contribution in [0.2, 0.25) is 0 Å². The van der Waals surface area contributed by atoms with Crippen LogP contribution in [0.1, 0.15) is 32.3 Å². The average Bonchev–Trinajstić information content (AvgIpc) is 2.35. The van der Waals surface area contributed by atoms with Crippen molar-refractivity contribution in [1.29, 1.82) is 0 Å². The maximum atomic E-state index is 12.8. The monoisotopic (exact) mass is 290 g/mol. The lowest BCUT2D eigenvalue weighted by molar-refractivity contribution is -0.136. The number of para-hydroxylation sites is 1. The van der Waals surface area contributed by atoms with Crippen LogP contribution < -0.4 is 10.6 Å². The Morgan fingerprint density at radius 1 is 1.21 bits per heavy atom. The number of hydrogen-bond acceptors (Lipinski definition) is 1. The third-order valence-corrected chi connectivity index (χ3v) is 3.02. The van der Waals surface area contributed by atoms with Crippen molar-refractivity contribution in [3.05, 3.63) is 29.8 Å². The first kappa shape index (κ1) is 15.8. The zero-order valence-corrected chi connectivity index (χ0v) is 11.7. The van der Waals surface area contributed by atoms with Gasteiger partial charge in [-0.3, -0.25) is 0 Å². The molecule has 0 aliphatic rings. The van der Waals surface area contributed by atoms with E-state index in [2.05, 4.69) is 10.6 Å². The number of nitrogens with one attached hydrogen (secondary N) is 2. The number of halogens is 3. The van der Waals surface area contributed by atoms with Crippen molar-refractivity contribution >= 4 is 23.0 Å². The van der Waals surface area contributed by atoms with E-state index < -0.39 is 11.7 Å². The Morgan fingerprint density at radius 2 is 1.79 bits per heavy atom. The Morgan fingerprint density at radius 3 is 2.32 bits per heavy atom. The largest absolute Gasteiger partial charge is 0.418 e. The quantitative estimate of drug-likeness (QED) is 0.813. The van der Waals surface area contributed by atoms with Crippen LogP contribution >= 0.6 is 12.2 Å². The zero-order valence-electron chi connectivity index (χ0n) is 10.8. The topological polar surface area (TPSA) is 24.1 Å². The van der Waals surface area contributed by atoms with E-state index >= 15 is 0 Å². The van der Waals surface area contributed by atoms with Gasteiger partial charge in [0.25, 0.3) is 0 Å². The molecule has 0 atom stereocenters. The first-order chi connectivity index (χ1) is 8.88. The highest BCUT2D eigenvalue weighted by Crippen LogP contribution is 2.34. The predicted molar refractivity (Wildman–Crippen MR) is 75.2 cm³/mol. The molecule has 0 aromatic heterocycles. The highest BCUT2D eigenvalue weighted by molar-refractivity contribution is 7.80. The van der Waals surface area contributed by atoms with Gasteiger partial charge in [-0.05, 0) is 37.2 Å². The van der Waals surface area contributed by atoms with Crippen molar-refractivity contribution in [2.24, 2.45) is 0 Å². The summed E-state index contributed by atoms with van der Waals surface area (Å²) >= 11 is 5.04. The molecule has 0 spiro atoms. The maximum Gasteiger partial charge on any atom is 0.418 e. The lowest BCUT2D eigenvalue weighted by Gasteiger charge is -2.19. The van der Waals surface area contributed by atoms with Crippen molar-refractivity contribution in [3.8, 4) is 0 Å². The van der Waals surface area contributed by atoms with Crippen LogP contribution in [0.25, 0.3) is 0 Å². The molecule has 2 nitrogen and oxygen atoms in total. The molecule has 1 rings (SSSR count). The lowest BCUT2D eigenvalue weighted by Crippen LogP contribution is -2.37. The van der Waals surface area contributed by atoms with Gasteiger partial charge in [0, 0.05) is 6.04 Å². The third kappa shape index (κ3) is 4.70. The molecule has 0 aliphatic heterocycles. The van der Waals surface area contributed by atoms with Crippen LogP contribution in [0.15, 0.2) is 24.3 Å². The Bertz CT molecular complexity index is 428. The predicted octanol–water partition coefficient (Wildman–Crippen LogP) is 4.18. The number of thiocarbonyl (C=S) groups is 1. The molecular formula is C13H17F3N2S. The number of hydrogen-bond donors (Lipinski definition) is 2. The van der Waals surface area contributed by atoms with Crippen LogP contribution in [0.4, 0.5) is 18.9 Å². The second-order valence-electron chi connectivity index (χ2n) is 4.16. The van der Waals surface area contributed by atoms with Gasteiger partial charge in [0.15, 0.2) is 5.11 Å². The second-order valence-corrected chi connectivity index (χ2v) is 4.56. The van der Waals surface area contributed by atoms with Gasteiger partial charge in [-0.2, -0.15) is 13.2 Å². The molecule has 2 N–H and O–H groups in total. The molecule has 0 saturated carbocycles. The molecule has 0 bridgehead atoms. The molecule has 19 heavy (non-hydrogen) atoms. The second kappa shape index (κ2) is 6.75. The van der Waals surface area contributed by atoms with Gasteiger partial charge in [-0.15, -0.1) is 0 Å². The van der Waals surface area contributed by atoms with Crippen LogP contribution in [-0.4, -0.2) is 11.2 Å². The summed E-state index contributed by atoms with van der Waals surface area (Å²) in [5, 5.41) is 5.83. The van der Waals surface area contributed by atoms with Crippen molar-refractivity contribution in [2.45, 2.75) is 38.9 Å². The van der Waals surface area contributed by atoms with E-state index in [0.717, 1.165) is 18.9 Å². The minimum Gasteiger partial charge on any atom is -0.360 e. The van der Waals surface area contributed by atoms with E-state index in [1.807, 2.05) is 13.8 Å². The van der Waals surface area contributed by atoms with E-state index in [-0.39, 0.29) is 16.8 Å². The number of alkyl halides is 3. The third-order valence-electron chi connectivity index (χ3n) is 2.80. The number of rotatable bonds is 4. The van der Waals surface area contributed by atoms with Gasteiger partial charge in [0.1, 0.15) is 0 Å². The van der Waals surface area contributed by atoms with Crippen molar-refractivity contribution in [3.63, 3.8) is 0 Å². The maximum absolute atomic E-state index is 12.8. The fraction of sp³-hybridized carbons (Fsp3) is 0.462. The first-order valence-electron chi connectivity index (χ1n) is 6.12. The Hall–Kier alpha value is -1.30. The summed E-state index contributed by atoms with van der Waals surface area (Å²) in [6, 6.07) is 5.45. The molecule has 106 valence electrons. The molecule has 0 aliphatic carbocycles. The Labute approximate surface area is 116 Å². The summed E-state index contributed by atoms with van der Waals surface area (Å²) in [7, 11) is 0. The number of anilines is 1. The van der Waals surface area contributed by atoms with Crippen LogP contribution in [0.3, 0.4) is 0 Å². The normalized spacial score (nSPS) is 11.5. The van der Waals surface area contributed by atoms with Crippen LogP contribution in [0, 0.1) is 0 Å². The summed E-state index contributed by atoms with van der Waals surface area (Å²) in [4.78, 5) is 0. The molecule has 1 aromatic carbocycles. The standard InChI is InChI=1S/C13H17F3N2S/c1-3-9(4-2)17-12(19)18-11-8-6-5-7-10(11)13(14,15)16/h5-9H,3-4H2,1-2H3,(H2,17,18,19). The first-order valence-corrected chi connectivity index (χ1v) is 6.53. The zero-order chi connectivity index (χ0) is 14.5. The van der Waals surface area contributed by atoms with Gasteiger partial charge >= 0.3 is 6.18 Å². The van der Waals surface area contributed by atoms with Crippen molar-refractivity contribution in [1.82, 2.24) is 5.32 Å². The fourth-order valence-electron chi connectivity index (χ4n) is 1.68. The minimum absolute atomic E-state index is 0.0292. The van der Waals surface area contributed by atoms with Crippen LogP contribution in [0.5, 0.6) is 0 Å². The lowest BCUT2D eigenvalue weighted by atomic mass is 10.1. The van der Waals surface area contributed by atoms with Crippen molar-refractivity contribution < 1.29 is 13.2 Å². The van der Waals surface area contributed by atoms with Gasteiger partial charge in [0.05, 0.1) is 11.3 Å².